The van der Waals surface area contributed by atoms with E-state index < -0.39 is 114 Å². The van der Waals surface area contributed by atoms with E-state index in [0.29, 0.717) is 47.1 Å². The number of aromatic hydroxyl groups is 1. The molecule has 2 saturated heterocycles. The summed E-state index contributed by atoms with van der Waals surface area (Å²) >= 11 is 0. The first-order chi connectivity index (χ1) is 41.4. The summed E-state index contributed by atoms with van der Waals surface area (Å²) in [6.45, 7) is 8.82. The van der Waals surface area contributed by atoms with Crippen LogP contribution >= 0.6 is 0 Å². The van der Waals surface area contributed by atoms with Crippen LogP contribution in [0.4, 0.5) is 0 Å². The number of aromatic nitrogens is 3. The van der Waals surface area contributed by atoms with E-state index in [4.69, 9.17) is 16.9 Å². The SMILES string of the molecule is CCN1CCC[C@]1(C(=O)NC(=O)[C@@H](N)CCCNC(=N)N)C(=O)[C@H](CC(C)C)NC(=O)[C@@H](CC(C)C)NC(=O)[C@H](Cc1ccc(O)cc1)NC(=O)[C@H](CO)NC(=O)[C@H](Cc1c[nH]c2ccccc12)NC(=O)[C@H](Cc1c[nH]cn1)NC(=O)[C@@H]1CCC(=O)N1. The Kier molecular flexibility index (Phi) is 24.5. The standard InChI is InChI=1S/C59H84N16O12/c1-6-75-22-10-20-59(75,57(87)74-50(80)39(60)12-9-21-64-58(61)62)49(79)42(23-32(2)3)68-52(82)43(24-33(4)5)69-53(83)44(25-34-14-16-37(77)17-15-34)70-56(86)47(30-76)73-54(84)45(26-35-28-65-40-13-8-7-11-38(35)40)71-55(85)46(27-36-29-63-31-66-36)72-51(81)41-18-19-48(78)67-41/h7-8,11,13-17,28-29,31-33,39,41-47,65,76-77H,6,9-10,12,18-27,30,60H2,1-5H3,(H,63,66)(H,67,78)(H,68,82)(H,69,83)(H,70,86)(H,71,85)(H,72,81)(H,73,84)(H4,61,62,64)(H,74,80,87)/t39-,41-,42-,43+,44-,45-,46-,47-,59+/m0/s1. The number of imide groups is 1. The maximum absolute atomic E-state index is 15.1. The second-order valence-corrected chi connectivity index (χ2v) is 23.0. The lowest BCUT2D eigenvalue weighted by Gasteiger charge is -2.38. The molecule has 2 aromatic heterocycles. The Hall–Kier alpha value is -8.76. The number of para-hydroxylation sites is 1. The number of fused-ring (bicyclic) bond motifs is 1. The number of likely N-dealkylation sites (tertiary alicyclic amines) is 1. The molecule has 4 heterocycles. The van der Waals surface area contributed by atoms with Gasteiger partial charge in [0.1, 0.15) is 42.0 Å². The maximum atomic E-state index is 15.1. The number of aromatic amines is 2. The molecule has 9 amide bonds. The van der Waals surface area contributed by atoms with Crippen molar-refractivity contribution in [3.8, 4) is 5.75 Å². The van der Waals surface area contributed by atoms with Crippen molar-refractivity contribution in [1.82, 2.24) is 67.7 Å². The molecule has 18 N–H and O–H groups in total. The van der Waals surface area contributed by atoms with Crippen LogP contribution in [0.25, 0.3) is 10.9 Å². The number of nitrogens with zero attached hydrogens (tertiary/aromatic N) is 2. The predicted octanol–water partition coefficient (Wildman–Crippen LogP) is -1.45. The zero-order chi connectivity index (χ0) is 63.5. The summed E-state index contributed by atoms with van der Waals surface area (Å²) in [6, 6.07) is 2.13. The van der Waals surface area contributed by atoms with Gasteiger partial charge in [-0.1, -0.05) is 65.0 Å². The number of carbonyl (C=O) groups is 10. The smallest absolute Gasteiger partial charge is 0.254 e. The van der Waals surface area contributed by atoms with Crippen LogP contribution < -0.4 is 59.3 Å². The molecule has 0 unspecified atom stereocenters. The third kappa shape index (κ3) is 18.6. The van der Waals surface area contributed by atoms with Crippen LogP contribution in [0.2, 0.25) is 0 Å². The Morgan fingerprint density at radius 3 is 1.98 bits per heavy atom. The van der Waals surface area contributed by atoms with Crippen LogP contribution in [0.5, 0.6) is 5.75 Å². The fourth-order valence-corrected chi connectivity index (χ4v) is 10.9. The number of Topliss-reactive ketones (excluding diaryl/α,β-unsaturated/α-hetero) is 1. The monoisotopic (exact) mass is 1210 g/mol. The molecule has 2 aliphatic heterocycles. The summed E-state index contributed by atoms with van der Waals surface area (Å²) in [6.07, 6.45) is 5.30. The molecule has 0 bridgehead atoms. The minimum Gasteiger partial charge on any atom is -0.508 e. The van der Waals surface area contributed by atoms with Crippen LogP contribution in [-0.4, -0.2) is 175 Å². The Morgan fingerprint density at radius 2 is 1.37 bits per heavy atom. The lowest BCUT2D eigenvalue weighted by atomic mass is 9.82. The molecule has 9 atom stereocenters. The van der Waals surface area contributed by atoms with Crippen LogP contribution in [0, 0.1) is 17.2 Å². The number of aliphatic hydroxyl groups excluding tert-OH is 1. The highest BCUT2D eigenvalue weighted by atomic mass is 16.3. The number of hydrogen-bond donors (Lipinski definition) is 16. The van der Waals surface area contributed by atoms with Crippen molar-refractivity contribution in [3.63, 3.8) is 0 Å². The second-order valence-electron chi connectivity index (χ2n) is 23.0. The van der Waals surface area contributed by atoms with Crippen molar-refractivity contribution < 1.29 is 58.2 Å². The Balaban J connectivity index is 1.23. The Bertz CT molecular complexity index is 3080. The van der Waals surface area contributed by atoms with Crippen molar-refractivity contribution in [2.75, 3.05) is 26.2 Å². The molecule has 0 radical (unpaired) electrons. The van der Waals surface area contributed by atoms with Crippen LogP contribution in [0.15, 0.2) is 67.3 Å². The third-order valence-corrected chi connectivity index (χ3v) is 15.4. The molecule has 6 rings (SSSR count). The van der Waals surface area contributed by atoms with E-state index in [0.717, 1.165) is 0 Å². The van der Waals surface area contributed by atoms with Crippen LogP contribution in [0.3, 0.4) is 0 Å². The number of H-pyrrole nitrogens is 2. The average Bonchev–Trinajstić information content (AvgIpc) is 2.06. The lowest BCUT2D eigenvalue weighted by molar-refractivity contribution is -0.148. The molecule has 28 heteroatoms. The number of guanidine groups is 1. The molecule has 472 valence electrons. The molecule has 0 spiro atoms. The third-order valence-electron chi connectivity index (χ3n) is 15.4. The molecule has 0 aliphatic carbocycles. The number of imidazole rings is 1. The van der Waals surface area contributed by atoms with Crippen molar-refractivity contribution >= 4 is 75.8 Å². The summed E-state index contributed by atoms with van der Waals surface area (Å²) in [5, 5.41) is 52.7. The van der Waals surface area contributed by atoms with Gasteiger partial charge in [0.15, 0.2) is 17.3 Å². The molecule has 2 aliphatic rings. The molecular formula is C59H84N16O12. The molecule has 28 nitrogen and oxygen atoms in total. The number of hydrogen-bond acceptors (Lipinski definition) is 16. The van der Waals surface area contributed by atoms with Crippen LogP contribution in [-0.2, 0) is 67.2 Å². The van der Waals surface area contributed by atoms with Crippen molar-refractivity contribution in [2.45, 2.75) is 159 Å². The van der Waals surface area contributed by atoms with Gasteiger partial charge in [-0.05, 0) is 99.2 Å². The fourth-order valence-electron chi connectivity index (χ4n) is 10.9. The van der Waals surface area contributed by atoms with E-state index in [2.05, 4.69) is 62.8 Å². The van der Waals surface area contributed by atoms with Gasteiger partial charge < -0.3 is 74.2 Å². The number of benzene rings is 2. The lowest BCUT2D eigenvalue weighted by Crippen LogP contribution is -2.67. The topological polar surface area (TPSA) is 443 Å². The van der Waals surface area contributed by atoms with Gasteiger partial charge in [0.25, 0.3) is 5.91 Å². The van der Waals surface area contributed by atoms with Gasteiger partial charge in [0.2, 0.25) is 47.3 Å². The number of rotatable bonds is 32. The van der Waals surface area contributed by atoms with E-state index in [1.54, 1.807) is 50.1 Å². The van der Waals surface area contributed by atoms with Gasteiger partial charge in [-0.2, -0.15) is 0 Å². The van der Waals surface area contributed by atoms with Crippen molar-refractivity contribution in [3.05, 3.63) is 84.1 Å². The van der Waals surface area contributed by atoms with Gasteiger partial charge in [-0.25, -0.2) is 4.98 Å². The summed E-state index contributed by atoms with van der Waals surface area (Å²) in [7, 11) is 0. The largest absolute Gasteiger partial charge is 0.508 e. The summed E-state index contributed by atoms with van der Waals surface area (Å²) in [4.78, 5) is 153. The fraction of sp³-hybridized carbons (Fsp3) is 0.525. The van der Waals surface area contributed by atoms with Gasteiger partial charge in [0.05, 0.1) is 30.7 Å². The van der Waals surface area contributed by atoms with Gasteiger partial charge >= 0.3 is 0 Å². The summed E-state index contributed by atoms with van der Waals surface area (Å²) in [5.74, 6) is -8.67. The number of likely N-dealkylation sites (N-methyl/N-ethyl adjacent to an activating group) is 1. The van der Waals surface area contributed by atoms with Crippen molar-refractivity contribution in [2.24, 2.45) is 23.3 Å². The number of carbonyl (C=O) groups excluding carboxylic acids is 10. The zero-order valence-electron chi connectivity index (χ0n) is 49.8. The highest BCUT2D eigenvalue weighted by Crippen LogP contribution is 2.33. The molecular weight excluding hydrogens is 1120 g/mol. The Labute approximate surface area is 503 Å². The zero-order valence-corrected chi connectivity index (χ0v) is 49.8. The minimum absolute atomic E-state index is 0.0172. The quantitative estimate of drug-likeness (QED) is 0.0115. The number of ketones is 1. The van der Waals surface area contributed by atoms with E-state index in [1.807, 2.05) is 19.9 Å². The van der Waals surface area contributed by atoms with Crippen LogP contribution in [0.1, 0.15) is 103 Å². The number of amides is 9. The molecule has 87 heavy (non-hydrogen) atoms. The Morgan fingerprint density at radius 1 is 0.770 bits per heavy atom. The first-order valence-corrected chi connectivity index (χ1v) is 29.4. The molecule has 2 aromatic carbocycles. The summed E-state index contributed by atoms with van der Waals surface area (Å²) in [5.41, 5.74) is 11.7. The first kappa shape index (κ1) is 67.4. The maximum Gasteiger partial charge on any atom is 0.254 e. The van der Waals surface area contributed by atoms with Crippen molar-refractivity contribution in [1.29, 1.82) is 5.41 Å². The summed E-state index contributed by atoms with van der Waals surface area (Å²) < 4.78 is 0. The molecule has 2 fully saturated rings. The van der Waals surface area contributed by atoms with Gasteiger partial charge in [0, 0.05) is 55.5 Å². The minimum atomic E-state index is -1.89. The van der Waals surface area contributed by atoms with Gasteiger partial charge in [-0.3, -0.25) is 63.6 Å². The molecule has 0 saturated carbocycles. The van der Waals surface area contributed by atoms with E-state index in [9.17, 15) is 53.4 Å². The highest BCUT2D eigenvalue weighted by Gasteiger charge is 2.55. The average molecular weight is 1210 g/mol. The van der Waals surface area contributed by atoms with E-state index >= 15 is 4.79 Å². The van der Waals surface area contributed by atoms with E-state index in [1.165, 1.54) is 36.8 Å². The first-order valence-electron chi connectivity index (χ1n) is 29.4. The van der Waals surface area contributed by atoms with E-state index in [-0.39, 0.29) is 100 Å². The highest BCUT2D eigenvalue weighted by molar-refractivity contribution is 6.17. The number of phenols is 1. The normalized spacial score (nSPS) is 18.3. The number of aliphatic hydroxyl groups is 1. The van der Waals surface area contributed by atoms with Gasteiger partial charge in [-0.15, -0.1) is 0 Å². The predicted molar refractivity (Wildman–Crippen MR) is 319 cm³/mol. The molecule has 4 aromatic rings. The number of nitrogens with one attached hydrogen (secondary N) is 12. The second kappa shape index (κ2) is 31.6. The number of phenolic OH excluding ortho intramolecular Hbond substituents is 1. The number of nitrogens with two attached hydrogens (primary N) is 2.